The number of carbonyl (C=O) groups is 1. The normalized spacial score (nSPS) is 19.6. The van der Waals surface area contributed by atoms with Crippen molar-refractivity contribution in [3.8, 4) is 0 Å². The van der Waals surface area contributed by atoms with Gasteiger partial charge in [-0.3, -0.25) is 4.79 Å². The zero-order valence-electron chi connectivity index (χ0n) is 14.8. The summed E-state index contributed by atoms with van der Waals surface area (Å²) in [5.41, 5.74) is -2.03. The summed E-state index contributed by atoms with van der Waals surface area (Å²) in [5.74, 6) is -0.875. The van der Waals surface area contributed by atoms with Crippen molar-refractivity contribution in [2.45, 2.75) is 37.6 Å². The third kappa shape index (κ3) is 4.20. The summed E-state index contributed by atoms with van der Waals surface area (Å²) in [4.78, 5) is 12.5. The molecular formula is C20H18ClF3N2O2. The maximum Gasteiger partial charge on any atom is 0.438 e. The third-order valence-electron chi connectivity index (χ3n) is 4.55. The second-order valence-corrected chi connectivity index (χ2v) is 7.03. The molecule has 4 nitrogen and oxygen atoms in total. The molecule has 2 aromatic carbocycles. The van der Waals surface area contributed by atoms with Gasteiger partial charge >= 0.3 is 6.18 Å². The molecule has 0 spiro atoms. The van der Waals surface area contributed by atoms with Crippen molar-refractivity contribution in [1.82, 2.24) is 5.01 Å². The van der Waals surface area contributed by atoms with Crippen molar-refractivity contribution in [3.05, 3.63) is 70.7 Å². The van der Waals surface area contributed by atoms with Gasteiger partial charge in [0.05, 0.1) is 12.1 Å². The fourth-order valence-corrected chi connectivity index (χ4v) is 3.15. The smallest absolute Gasteiger partial charge is 0.362 e. The average molecular weight is 411 g/mol. The van der Waals surface area contributed by atoms with Crippen LogP contribution in [0.1, 0.15) is 30.4 Å². The maximum absolute atomic E-state index is 13.6. The Morgan fingerprint density at radius 2 is 1.79 bits per heavy atom. The number of rotatable bonds is 5. The van der Waals surface area contributed by atoms with E-state index >= 15 is 0 Å². The van der Waals surface area contributed by atoms with Crippen LogP contribution >= 0.6 is 11.6 Å². The summed E-state index contributed by atoms with van der Waals surface area (Å²) < 4.78 is 40.7. The average Bonchev–Trinajstić information content (AvgIpc) is 3.02. The van der Waals surface area contributed by atoms with Crippen molar-refractivity contribution in [2.24, 2.45) is 5.10 Å². The van der Waals surface area contributed by atoms with Gasteiger partial charge in [-0.15, -0.1) is 0 Å². The van der Waals surface area contributed by atoms with Crippen LogP contribution in [0.25, 0.3) is 0 Å². The Bertz CT molecular complexity index is 869. The van der Waals surface area contributed by atoms with E-state index in [0.717, 1.165) is 5.56 Å². The summed E-state index contributed by atoms with van der Waals surface area (Å²) in [6.45, 7) is 0. The first-order chi connectivity index (χ1) is 13.2. The van der Waals surface area contributed by atoms with E-state index in [1.807, 2.05) is 30.3 Å². The van der Waals surface area contributed by atoms with Gasteiger partial charge in [0, 0.05) is 11.4 Å². The molecular weight excluding hydrogens is 393 g/mol. The number of aliphatic hydroxyl groups is 1. The second-order valence-electron chi connectivity index (χ2n) is 6.59. The lowest BCUT2D eigenvalue weighted by Crippen LogP contribution is -2.56. The lowest BCUT2D eigenvalue weighted by Gasteiger charge is -2.32. The monoisotopic (exact) mass is 410 g/mol. The Morgan fingerprint density at radius 3 is 2.39 bits per heavy atom. The number of alkyl halides is 3. The summed E-state index contributed by atoms with van der Waals surface area (Å²) in [6.07, 6.45) is -5.15. The largest absolute Gasteiger partial charge is 0.438 e. The van der Waals surface area contributed by atoms with Gasteiger partial charge in [-0.05, 0) is 36.1 Å². The molecule has 2 aromatic rings. The molecule has 1 atom stereocenters. The van der Waals surface area contributed by atoms with Gasteiger partial charge in [-0.2, -0.15) is 23.3 Å². The van der Waals surface area contributed by atoms with Gasteiger partial charge in [0.2, 0.25) is 5.91 Å². The van der Waals surface area contributed by atoms with Gasteiger partial charge < -0.3 is 5.11 Å². The number of hydrogen-bond acceptors (Lipinski definition) is 3. The van der Waals surface area contributed by atoms with E-state index in [0.29, 0.717) is 23.4 Å². The Labute approximate surface area is 165 Å². The molecule has 8 heteroatoms. The van der Waals surface area contributed by atoms with Gasteiger partial charge in [0.25, 0.3) is 5.72 Å². The Hall–Kier alpha value is -2.38. The standard InChI is InChI=1S/C20H18ClF3N2O2/c21-16-11-9-15(10-12-16)17-13-19(28,20(22,23)24)26(25-17)18(27)8-4-7-14-5-2-1-3-6-14/h1-3,5-6,9-12,28H,4,7-8,13H2/t19-/m1/s1. The molecule has 0 saturated carbocycles. The molecule has 0 unspecified atom stereocenters. The summed E-state index contributed by atoms with van der Waals surface area (Å²) in [7, 11) is 0. The Balaban J connectivity index is 1.77. The van der Waals surface area contributed by atoms with Crippen LogP contribution in [0.3, 0.4) is 0 Å². The molecule has 1 aliphatic rings. The summed E-state index contributed by atoms with van der Waals surface area (Å²) >= 11 is 5.80. The van der Waals surface area contributed by atoms with E-state index in [1.54, 1.807) is 0 Å². The number of nitrogens with zero attached hydrogens (tertiary/aromatic N) is 2. The van der Waals surface area contributed by atoms with Crippen LogP contribution in [0.15, 0.2) is 59.7 Å². The molecule has 0 radical (unpaired) electrons. The van der Waals surface area contributed by atoms with Crippen LogP contribution in [0.2, 0.25) is 5.02 Å². The van der Waals surface area contributed by atoms with Crippen molar-refractivity contribution in [1.29, 1.82) is 0 Å². The molecule has 0 fully saturated rings. The molecule has 3 rings (SSSR count). The van der Waals surface area contributed by atoms with E-state index < -0.39 is 24.2 Å². The zero-order valence-corrected chi connectivity index (χ0v) is 15.5. The van der Waals surface area contributed by atoms with Crippen LogP contribution in [0.5, 0.6) is 0 Å². The first-order valence-electron chi connectivity index (χ1n) is 8.70. The highest BCUT2D eigenvalue weighted by molar-refractivity contribution is 6.30. The third-order valence-corrected chi connectivity index (χ3v) is 4.80. The van der Waals surface area contributed by atoms with Gasteiger partial charge in [0.15, 0.2) is 0 Å². The van der Waals surface area contributed by atoms with Gasteiger partial charge in [-0.25, -0.2) is 0 Å². The van der Waals surface area contributed by atoms with E-state index in [4.69, 9.17) is 11.6 Å². The Morgan fingerprint density at radius 1 is 1.14 bits per heavy atom. The molecule has 0 saturated heterocycles. The molecule has 148 valence electrons. The molecule has 1 heterocycles. The van der Waals surface area contributed by atoms with Gasteiger partial charge in [-0.1, -0.05) is 54.1 Å². The molecule has 0 aliphatic carbocycles. The van der Waals surface area contributed by atoms with Crippen LogP contribution < -0.4 is 0 Å². The first-order valence-corrected chi connectivity index (χ1v) is 9.08. The maximum atomic E-state index is 13.6. The van der Waals surface area contributed by atoms with Crippen LogP contribution in [-0.4, -0.2) is 33.6 Å². The SMILES string of the molecule is O=C(CCCc1ccccc1)N1N=C(c2ccc(Cl)cc2)C[C@@]1(O)C(F)(F)F. The van der Waals surface area contributed by atoms with Gasteiger partial charge in [0.1, 0.15) is 0 Å². The minimum Gasteiger partial charge on any atom is -0.362 e. The predicted octanol–water partition coefficient (Wildman–Crippen LogP) is 4.55. The Kier molecular flexibility index (Phi) is 5.76. The number of hydrazone groups is 1. The van der Waals surface area contributed by atoms with Crippen molar-refractivity contribution in [2.75, 3.05) is 0 Å². The number of halogens is 4. The summed E-state index contributed by atoms with van der Waals surface area (Å²) in [6, 6.07) is 15.3. The predicted molar refractivity (Wildman–Crippen MR) is 99.8 cm³/mol. The molecule has 1 aliphatic heterocycles. The van der Waals surface area contributed by atoms with Crippen molar-refractivity contribution in [3.63, 3.8) is 0 Å². The van der Waals surface area contributed by atoms with E-state index in [1.165, 1.54) is 24.3 Å². The first kappa shape index (κ1) is 20.4. The lowest BCUT2D eigenvalue weighted by atomic mass is 10.0. The fraction of sp³-hybridized carbons (Fsp3) is 0.300. The minimum absolute atomic E-state index is 0.0205. The minimum atomic E-state index is -5.04. The second kappa shape index (κ2) is 7.93. The highest BCUT2D eigenvalue weighted by Gasteiger charge is 2.63. The number of amides is 1. The number of hydrogen-bond donors (Lipinski definition) is 1. The van der Waals surface area contributed by atoms with Crippen LogP contribution in [-0.2, 0) is 11.2 Å². The highest BCUT2D eigenvalue weighted by atomic mass is 35.5. The topological polar surface area (TPSA) is 52.9 Å². The van der Waals surface area contributed by atoms with Crippen LogP contribution in [0, 0.1) is 0 Å². The number of benzene rings is 2. The summed E-state index contributed by atoms with van der Waals surface area (Å²) in [5, 5.41) is 14.7. The van der Waals surface area contributed by atoms with Crippen molar-refractivity contribution >= 4 is 23.2 Å². The number of carbonyl (C=O) groups excluding carboxylic acids is 1. The number of aryl methyl sites for hydroxylation is 1. The zero-order chi connectivity index (χ0) is 20.4. The fourth-order valence-electron chi connectivity index (χ4n) is 3.03. The van der Waals surface area contributed by atoms with E-state index in [9.17, 15) is 23.1 Å². The molecule has 28 heavy (non-hydrogen) atoms. The molecule has 1 N–H and O–H groups in total. The quantitative estimate of drug-likeness (QED) is 0.786. The molecule has 0 bridgehead atoms. The molecule has 1 amide bonds. The molecule has 0 aromatic heterocycles. The lowest BCUT2D eigenvalue weighted by molar-refractivity contribution is -0.302. The van der Waals surface area contributed by atoms with Crippen LogP contribution in [0.4, 0.5) is 13.2 Å². The van der Waals surface area contributed by atoms with Crippen molar-refractivity contribution < 1.29 is 23.1 Å². The van der Waals surface area contributed by atoms with E-state index in [-0.39, 0.29) is 17.1 Å². The van der Waals surface area contributed by atoms with E-state index in [2.05, 4.69) is 5.10 Å². The highest BCUT2D eigenvalue weighted by Crippen LogP contribution is 2.41.